The van der Waals surface area contributed by atoms with E-state index in [4.69, 9.17) is 27.9 Å². The number of halogens is 2. The van der Waals surface area contributed by atoms with Crippen molar-refractivity contribution in [2.45, 2.75) is 19.6 Å². The Morgan fingerprint density at radius 2 is 1.73 bits per heavy atom. The maximum Gasteiger partial charge on any atom is 0.338 e. The molecule has 26 heavy (non-hydrogen) atoms. The summed E-state index contributed by atoms with van der Waals surface area (Å²) in [5, 5.41) is 5.14. The molecule has 0 aliphatic rings. The van der Waals surface area contributed by atoms with Crippen molar-refractivity contribution in [2.24, 2.45) is 0 Å². The SMILES string of the molecule is C[C@@H](OC(=O)c1ccc(Cl)c(Cl)c1)C(=O)NC(=O)NCc1ccccc1. The second-order valence-corrected chi connectivity index (χ2v) is 6.15. The molecule has 136 valence electrons. The number of amides is 3. The first kappa shape index (κ1) is 19.8. The van der Waals surface area contributed by atoms with Crippen LogP contribution in [0.2, 0.25) is 10.0 Å². The van der Waals surface area contributed by atoms with Gasteiger partial charge in [-0.25, -0.2) is 9.59 Å². The molecule has 0 bridgehead atoms. The van der Waals surface area contributed by atoms with Gasteiger partial charge < -0.3 is 10.1 Å². The third-order valence-electron chi connectivity index (χ3n) is 3.34. The van der Waals surface area contributed by atoms with Gasteiger partial charge in [0.2, 0.25) is 0 Å². The van der Waals surface area contributed by atoms with E-state index in [0.717, 1.165) is 5.56 Å². The number of nitrogens with one attached hydrogen (secondary N) is 2. The molecule has 2 aromatic rings. The van der Waals surface area contributed by atoms with E-state index in [0.29, 0.717) is 5.02 Å². The summed E-state index contributed by atoms with van der Waals surface area (Å²) in [6.07, 6.45) is -1.17. The summed E-state index contributed by atoms with van der Waals surface area (Å²) in [7, 11) is 0. The number of carbonyl (C=O) groups is 3. The van der Waals surface area contributed by atoms with Gasteiger partial charge in [-0.1, -0.05) is 53.5 Å². The monoisotopic (exact) mass is 394 g/mol. The maximum absolute atomic E-state index is 12.0. The van der Waals surface area contributed by atoms with Gasteiger partial charge in [-0.2, -0.15) is 0 Å². The molecule has 0 aromatic heterocycles. The number of benzene rings is 2. The summed E-state index contributed by atoms with van der Waals surface area (Å²) < 4.78 is 5.02. The number of hydrogen-bond acceptors (Lipinski definition) is 4. The van der Waals surface area contributed by atoms with E-state index in [9.17, 15) is 14.4 Å². The molecule has 0 saturated heterocycles. The van der Waals surface area contributed by atoms with Crippen LogP contribution in [0.4, 0.5) is 4.79 Å². The Hall–Kier alpha value is -2.57. The number of esters is 1. The van der Waals surface area contributed by atoms with Crippen LogP contribution in [0.5, 0.6) is 0 Å². The zero-order valence-electron chi connectivity index (χ0n) is 13.8. The molecule has 6 nitrogen and oxygen atoms in total. The van der Waals surface area contributed by atoms with E-state index < -0.39 is 24.0 Å². The van der Waals surface area contributed by atoms with Gasteiger partial charge in [0.1, 0.15) is 0 Å². The largest absolute Gasteiger partial charge is 0.449 e. The molecule has 1 atom stereocenters. The van der Waals surface area contributed by atoms with Crippen molar-refractivity contribution in [3.63, 3.8) is 0 Å². The Labute approximate surface area is 160 Å². The lowest BCUT2D eigenvalue weighted by atomic mass is 10.2. The Morgan fingerprint density at radius 1 is 1.04 bits per heavy atom. The zero-order valence-corrected chi connectivity index (χ0v) is 15.3. The number of urea groups is 1. The second-order valence-electron chi connectivity index (χ2n) is 5.33. The normalized spacial score (nSPS) is 11.3. The van der Waals surface area contributed by atoms with Gasteiger partial charge in [0, 0.05) is 6.54 Å². The molecule has 0 aliphatic heterocycles. The summed E-state index contributed by atoms with van der Waals surface area (Å²) in [4.78, 5) is 35.7. The Kier molecular flexibility index (Phi) is 7.00. The van der Waals surface area contributed by atoms with Gasteiger partial charge >= 0.3 is 12.0 Å². The molecule has 0 unspecified atom stereocenters. The van der Waals surface area contributed by atoms with Crippen molar-refractivity contribution >= 4 is 41.1 Å². The lowest BCUT2D eigenvalue weighted by Crippen LogP contribution is -2.44. The van der Waals surface area contributed by atoms with Gasteiger partial charge in [-0.15, -0.1) is 0 Å². The quantitative estimate of drug-likeness (QED) is 0.759. The lowest BCUT2D eigenvalue weighted by molar-refractivity contribution is -0.127. The number of carbonyl (C=O) groups excluding carboxylic acids is 3. The van der Waals surface area contributed by atoms with E-state index in [-0.39, 0.29) is 17.1 Å². The van der Waals surface area contributed by atoms with Gasteiger partial charge in [-0.05, 0) is 30.7 Å². The molecular formula is C18H16Cl2N2O4. The summed E-state index contributed by atoms with van der Waals surface area (Å²) in [6, 6.07) is 12.7. The van der Waals surface area contributed by atoms with Crippen LogP contribution in [-0.4, -0.2) is 24.0 Å². The Bertz CT molecular complexity index is 812. The molecule has 8 heteroatoms. The predicted molar refractivity (Wildman–Crippen MR) is 98.2 cm³/mol. The van der Waals surface area contributed by atoms with E-state index >= 15 is 0 Å². The first-order valence-corrected chi connectivity index (χ1v) is 8.41. The van der Waals surface area contributed by atoms with Crippen LogP contribution in [0.3, 0.4) is 0 Å². The van der Waals surface area contributed by atoms with Gasteiger partial charge in [0.15, 0.2) is 6.10 Å². The highest BCUT2D eigenvalue weighted by Crippen LogP contribution is 2.23. The van der Waals surface area contributed by atoms with Gasteiger partial charge in [-0.3, -0.25) is 10.1 Å². The minimum absolute atomic E-state index is 0.146. The molecule has 0 heterocycles. The van der Waals surface area contributed by atoms with Gasteiger partial charge in [0.05, 0.1) is 15.6 Å². The van der Waals surface area contributed by atoms with Crippen LogP contribution in [0.1, 0.15) is 22.8 Å². The standard InChI is InChI=1S/C18H16Cl2N2O4/c1-11(26-17(24)13-7-8-14(19)15(20)9-13)16(23)22-18(25)21-10-12-5-3-2-4-6-12/h2-9,11H,10H2,1H3,(H2,21,22,23,25)/t11-/m1/s1. The third-order valence-corrected chi connectivity index (χ3v) is 4.08. The summed E-state index contributed by atoms with van der Waals surface area (Å²) in [5.41, 5.74) is 1.03. The number of imide groups is 1. The van der Waals surface area contributed by atoms with Crippen LogP contribution >= 0.6 is 23.2 Å². The topological polar surface area (TPSA) is 84.5 Å². The van der Waals surface area contributed by atoms with Crippen LogP contribution in [-0.2, 0) is 16.1 Å². The summed E-state index contributed by atoms with van der Waals surface area (Å²) >= 11 is 11.6. The molecule has 2 rings (SSSR count). The Balaban J connectivity index is 1.83. The van der Waals surface area contributed by atoms with Crippen molar-refractivity contribution in [3.05, 3.63) is 69.7 Å². The molecular weight excluding hydrogens is 379 g/mol. The smallest absolute Gasteiger partial charge is 0.338 e. The van der Waals surface area contributed by atoms with Crippen LogP contribution in [0.25, 0.3) is 0 Å². The average Bonchev–Trinajstić information content (AvgIpc) is 2.63. The molecule has 2 aromatic carbocycles. The average molecular weight is 395 g/mol. The first-order valence-electron chi connectivity index (χ1n) is 7.65. The number of hydrogen-bond donors (Lipinski definition) is 2. The van der Waals surface area contributed by atoms with Gasteiger partial charge in [0.25, 0.3) is 5.91 Å². The highest BCUT2D eigenvalue weighted by molar-refractivity contribution is 6.42. The minimum Gasteiger partial charge on any atom is -0.449 e. The van der Waals surface area contributed by atoms with Crippen molar-refractivity contribution in [3.8, 4) is 0 Å². The molecule has 2 N–H and O–H groups in total. The van der Waals surface area contributed by atoms with Crippen molar-refractivity contribution < 1.29 is 19.1 Å². The molecule has 0 radical (unpaired) electrons. The first-order chi connectivity index (χ1) is 12.4. The highest BCUT2D eigenvalue weighted by Gasteiger charge is 2.21. The van der Waals surface area contributed by atoms with Crippen molar-refractivity contribution in [1.82, 2.24) is 10.6 Å². The fourth-order valence-electron chi connectivity index (χ4n) is 1.94. The highest BCUT2D eigenvalue weighted by atomic mass is 35.5. The fourth-order valence-corrected chi connectivity index (χ4v) is 2.24. The Morgan fingerprint density at radius 3 is 2.38 bits per heavy atom. The predicted octanol–water partition coefficient (Wildman–Crippen LogP) is 3.56. The second kappa shape index (κ2) is 9.22. The minimum atomic E-state index is -1.17. The fraction of sp³-hybridized carbons (Fsp3) is 0.167. The number of ether oxygens (including phenoxy) is 1. The molecule has 0 spiro atoms. The van der Waals surface area contributed by atoms with Crippen molar-refractivity contribution in [2.75, 3.05) is 0 Å². The van der Waals surface area contributed by atoms with E-state index in [1.165, 1.54) is 25.1 Å². The molecule has 0 aliphatic carbocycles. The van der Waals surface area contributed by atoms with E-state index in [1.807, 2.05) is 30.3 Å². The van der Waals surface area contributed by atoms with E-state index in [1.54, 1.807) is 0 Å². The maximum atomic E-state index is 12.0. The third kappa shape index (κ3) is 5.75. The lowest BCUT2D eigenvalue weighted by Gasteiger charge is -2.13. The molecule has 0 fully saturated rings. The summed E-state index contributed by atoms with van der Waals surface area (Å²) in [5.74, 6) is -1.50. The molecule has 0 saturated carbocycles. The molecule has 3 amide bonds. The van der Waals surface area contributed by atoms with Crippen molar-refractivity contribution in [1.29, 1.82) is 0 Å². The summed E-state index contributed by atoms with van der Waals surface area (Å²) in [6.45, 7) is 1.62. The number of rotatable bonds is 5. The van der Waals surface area contributed by atoms with E-state index in [2.05, 4.69) is 10.6 Å². The van der Waals surface area contributed by atoms with Crippen LogP contribution in [0.15, 0.2) is 48.5 Å². The zero-order chi connectivity index (χ0) is 19.1. The van der Waals surface area contributed by atoms with Crippen LogP contribution in [0, 0.1) is 0 Å². The van der Waals surface area contributed by atoms with Crippen LogP contribution < -0.4 is 10.6 Å².